The van der Waals surface area contributed by atoms with Crippen LogP contribution >= 0.6 is 0 Å². The predicted molar refractivity (Wildman–Crippen MR) is 56.1 cm³/mol. The van der Waals surface area contributed by atoms with Gasteiger partial charge in [-0.15, -0.1) is 0 Å². The molecule has 0 aromatic rings. The van der Waals surface area contributed by atoms with Crippen molar-refractivity contribution in [3.05, 3.63) is 0 Å². The summed E-state index contributed by atoms with van der Waals surface area (Å²) in [6.45, 7) is 2.28. The highest BCUT2D eigenvalue weighted by molar-refractivity contribution is 4.86. The first-order chi connectivity index (χ1) is 6.85. The Morgan fingerprint density at radius 1 is 1.14 bits per heavy atom. The van der Waals surface area contributed by atoms with Crippen LogP contribution in [0.4, 0.5) is 0 Å². The molecule has 1 saturated carbocycles. The first-order valence-electron chi connectivity index (χ1n) is 6.03. The maximum absolute atomic E-state index is 9.52. The van der Waals surface area contributed by atoms with Crippen LogP contribution < -0.4 is 0 Å². The SMILES string of the molecule is OCC1(CC2CCOCC2)CCCC1. The summed E-state index contributed by atoms with van der Waals surface area (Å²) in [5, 5.41) is 9.52. The molecule has 0 radical (unpaired) electrons. The third kappa shape index (κ3) is 2.29. The molecule has 1 aliphatic heterocycles. The summed E-state index contributed by atoms with van der Waals surface area (Å²) in [4.78, 5) is 0. The Hall–Kier alpha value is -0.0800. The van der Waals surface area contributed by atoms with E-state index in [1.165, 1.54) is 44.9 Å². The Balaban J connectivity index is 1.86. The predicted octanol–water partition coefficient (Wildman–Crippen LogP) is 2.36. The zero-order chi connectivity index (χ0) is 9.86. The number of rotatable bonds is 3. The molecular weight excluding hydrogens is 176 g/mol. The Labute approximate surface area is 86.6 Å². The molecule has 0 bridgehead atoms. The van der Waals surface area contributed by atoms with E-state index in [9.17, 15) is 5.11 Å². The van der Waals surface area contributed by atoms with Crippen LogP contribution in [0.25, 0.3) is 0 Å². The van der Waals surface area contributed by atoms with Gasteiger partial charge in [-0.25, -0.2) is 0 Å². The van der Waals surface area contributed by atoms with Crippen LogP contribution in [0.1, 0.15) is 44.9 Å². The molecule has 0 unspecified atom stereocenters. The van der Waals surface area contributed by atoms with E-state index in [4.69, 9.17) is 4.74 Å². The van der Waals surface area contributed by atoms with Crippen molar-refractivity contribution < 1.29 is 9.84 Å². The zero-order valence-electron chi connectivity index (χ0n) is 9.00. The molecule has 0 aromatic heterocycles. The quantitative estimate of drug-likeness (QED) is 0.754. The summed E-state index contributed by atoms with van der Waals surface area (Å²) < 4.78 is 5.37. The molecular formula is C12H22O2. The summed E-state index contributed by atoms with van der Waals surface area (Å²) in [6.07, 6.45) is 8.81. The third-order valence-corrected chi connectivity index (χ3v) is 4.06. The summed E-state index contributed by atoms with van der Waals surface area (Å²) >= 11 is 0. The normalized spacial score (nSPS) is 28.1. The molecule has 2 heteroatoms. The van der Waals surface area contributed by atoms with Crippen molar-refractivity contribution in [2.75, 3.05) is 19.8 Å². The largest absolute Gasteiger partial charge is 0.396 e. The maximum atomic E-state index is 9.52. The number of hydrogen-bond acceptors (Lipinski definition) is 2. The van der Waals surface area contributed by atoms with Crippen LogP contribution in [-0.2, 0) is 4.74 Å². The van der Waals surface area contributed by atoms with Crippen molar-refractivity contribution in [1.82, 2.24) is 0 Å². The second kappa shape index (κ2) is 4.63. The van der Waals surface area contributed by atoms with Crippen LogP contribution in [0.3, 0.4) is 0 Å². The van der Waals surface area contributed by atoms with E-state index < -0.39 is 0 Å². The van der Waals surface area contributed by atoms with E-state index >= 15 is 0 Å². The minimum atomic E-state index is 0.294. The van der Waals surface area contributed by atoms with Crippen molar-refractivity contribution in [1.29, 1.82) is 0 Å². The molecule has 2 fully saturated rings. The standard InChI is InChI=1S/C12H22O2/c13-10-12(5-1-2-6-12)9-11-3-7-14-8-4-11/h11,13H,1-10H2. The van der Waals surface area contributed by atoms with Gasteiger partial charge in [0.1, 0.15) is 0 Å². The summed E-state index contributed by atoms with van der Waals surface area (Å²) in [5.41, 5.74) is 0.294. The van der Waals surface area contributed by atoms with E-state index in [0.29, 0.717) is 12.0 Å². The van der Waals surface area contributed by atoms with Crippen LogP contribution in [0.5, 0.6) is 0 Å². The molecule has 0 spiro atoms. The van der Waals surface area contributed by atoms with Gasteiger partial charge in [0, 0.05) is 19.8 Å². The molecule has 2 aliphatic rings. The Bertz CT molecular complexity index is 167. The molecule has 1 heterocycles. The van der Waals surface area contributed by atoms with Crippen LogP contribution in [0.2, 0.25) is 0 Å². The van der Waals surface area contributed by atoms with E-state index in [1.807, 2.05) is 0 Å². The minimum Gasteiger partial charge on any atom is -0.396 e. The van der Waals surface area contributed by atoms with E-state index in [0.717, 1.165) is 19.1 Å². The van der Waals surface area contributed by atoms with E-state index in [-0.39, 0.29) is 0 Å². The van der Waals surface area contributed by atoms with Crippen molar-refractivity contribution in [2.24, 2.45) is 11.3 Å². The molecule has 1 saturated heterocycles. The molecule has 0 aromatic carbocycles. The highest BCUT2D eigenvalue weighted by Crippen LogP contribution is 2.44. The smallest absolute Gasteiger partial charge is 0.0487 e. The fraction of sp³-hybridized carbons (Fsp3) is 1.00. The summed E-state index contributed by atoms with van der Waals surface area (Å²) in [5.74, 6) is 0.814. The van der Waals surface area contributed by atoms with Crippen LogP contribution in [0, 0.1) is 11.3 Å². The lowest BCUT2D eigenvalue weighted by molar-refractivity contribution is 0.0317. The molecule has 82 valence electrons. The lowest BCUT2D eigenvalue weighted by Crippen LogP contribution is -2.28. The van der Waals surface area contributed by atoms with Crippen LogP contribution in [0.15, 0.2) is 0 Å². The average molecular weight is 198 g/mol. The number of ether oxygens (including phenoxy) is 1. The Morgan fingerprint density at radius 2 is 1.79 bits per heavy atom. The monoisotopic (exact) mass is 198 g/mol. The maximum Gasteiger partial charge on any atom is 0.0487 e. The van der Waals surface area contributed by atoms with Gasteiger partial charge in [0.15, 0.2) is 0 Å². The molecule has 14 heavy (non-hydrogen) atoms. The van der Waals surface area contributed by atoms with Gasteiger partial charge in [-0.05, 0) is 43.4 Å². The van der Waals surface area contributed by atoms with Gasteiger partial charge in [-0.3, -0.25) is 0 Å². The van der Waals surface area contributed by atoms with Gasteiger partial charge >= 0.3 is 0 Å². The molecule has 2 nitrogen and oxygen atoms in total. The number of hydrogen-bond donors (Lipinski definition) is 1. The second-order valence-corrected chi connectivity index (χ2v) is 5.13. The molecule has 2 rings (SSSR count). The molecule has 0 amide bonds. The highest BCUT2D eigenvalue weighted by Gasteiger charge is 2.35. The summed E-state index contributed by atoms with van der Waals surface area (Å²) in [6, 6.07) is 0. The number of aliphatic hydroxyl groups excluding tert-OH is 1. The van der Waals surface area contributed by atoms with Gasteiger partial charge in [0.25, 0.3) is 0 Å². The zero-order valence-corrected chi connectivity index (χ0v) is 9.00. The van der Waals surface area contributed by atoms with E-state index in [2.05, 4.69) is 0 Å². The van der Waals surface area contributed by atoms with Crippen molar-refractivity contribution in [2.45, 2.75) is 44.9 Å². The molecule has 0 atom stereocenters. The lowest BCUT2D eigenvalue weighted by atomic mass is 9.76. The van der Waals surface area contributed by atoms with Gasteiger partial charge in [-0.1, -0.05) is 12.8 Å². The first kappa shape index (κ1) is 10.4. The third-order valence-electron chi connectivity index (χ3n) is 4.06. The molecule has 1 aliphatic carbocycles. The fourth-order valence-corrected chi connectivity index (χ4v) is 3.11. The van der Waals surface area contributed by atoms with Gasteiger partial charge in [-0.2, -0.15) is 0 Å². The van der Waals surface area contributed by atoms with Crippen LogP contribution in [-0.4, -0.2) is 24.9 Å². The van der Waals surface area contributed by atoms with Crippen molar-refractivity contribution >= 4 is 0 Å². The highest BCUT2D eigenvalue weighted by atomic mass is 16.5. The van der Waals surface area contributed by atoms with Crippen molar-refractivity contribution in [3.8, 4) is 0 Å². The second-order valence-electron chi connectivity index (χ2n) is 5.13. The van der Waals surface area contributed by atoms with Gasteiger partial charge < -0.3 is 9.84 Å². The summed E-state index contributed by atoms with van der Waals surface area (Å²) in [7, 11) is 0. The lowest BCUT2D eigenvalue weighted by Gasteiger charge is -2.33. The Morgan fingerprint density at radius 3 is 2.36 bits per heavy atom. The average Bonchev–Trinajstić information content (AvgIpc) is 2.69. The van der Waals surface area contributed by atoms with Gasteiger partial charge in [0.05, 0.1) is 0 Å². The molecule has 1 N–H and O–H groups in total. The van der Waals surface area contributed by atoms with Crippen molar-refractivity contribution in [3.63, 3.8) is 0 Å². The van der Waals surface area contributed by atoms with Gasteiger partial charge in [0.2, 0.25) is 0 Å². The first-order valence-corrected chi connectivity index (χ1v) is 6.03. The van der Waals surface area contributed by atoms with E-state index in [1.54, 1.807) is 0 Å². The topological polar surface area (TPSA) is 29.5 Å². The number of aliphatic hydroxyl groups is 1. The minimum absolute atomic E-state index is 0.294. The Kier molecular flexibility index (Phi) is 3.45. The fourth-order valence-electron chi connectivity index (χ4n) is 3.11.